The Morgan fingerprint density at radius 3 is 2.29 bits per heavy atom. The van der Waals surface area contributed by atoms with Gasteiger partial charge in [-0.25, -0.2) is 4.79 Å². The van der Waals surface area contributed by atoms with Crippen molar-refractivity contribution >= 4 is 11.9 Å². The fraction of sp³-hybridized carbons (Fsp3) is 0.231. The third kappa shape index (κ3) is 5.51. The average molecular weight is 415 g/mol. The van der Waals surface area contributed by atoms with E-state index in [1.165, 1.54) is 0 Å². The number of hydrogen-bond donors (Lipinski definition) is 0. The molecule has 4 rings (SSSR count). The zero-order chi connectivity index (χ0) is 21.5. The summed E-state index contributed by atoms with van der Waals surface area (Å²) in [6.07, 6.45) is 0.379. The molecule has 5 nitrogen and oxygen atoms in total. The molecule has 0 N–H and O–H groups in total. The van der Waals surface area contributed by atoms with Gasteiger partial charge >= 0.3 is 6.09 Å². The summed E-state index contributed by atoms with van der Waals surface area (Å²) in [4.78, 5) is 26.6. The molecule has 1 fully saturated rings. The molecule has 0 aliphatic carbocycles. The molecule has 5 heteroatoms. The summed E-state index contributed by atoms with van der Waals surface area (Å²) in [6, 6.07) is 27.0. The van der Waals surface area contributed by atoms with Gasteiger partial charge in [-0.1, -0.05) is 72.8 Å². The van der Waals surface area contributed by atoms with E-state index in [0.717, 1.165) is 11.1 Å². The van der Waals surface area contributed by atoms with E-state index >= 15 is 0 Å². The molecule has 1 aliphatic heterocycles. The van der Waals surface area contributed by atoms with Gasteiger partial charge in [-0.2, -0.15) is 0 Å². The monoisotopic (exact) mass is 415 g/mol. The van der Waals surface area contributed by atoms with Crippen molar-refractivity contribution in [1.29, 1.82) is 0 Å². The van der Waals surface area contributed by atoms with Gasteiger partial charge in [-0.15, -0.1) is 0 Å². The first-order valence-electron chi connectivity index (χ1n) is 10.5. The molecular weight excluding hydrogens is 390 g/mol. The number of Topliss-reactive ketones (excluding diaryl/α,β-unsaturated/α-hetero) is 1. The first-order chi connectivity index (χ1) is 15.2. The maximum absolute atomic E-state index is 12.8. The zero-order valence-corrected chi connectivity index (χ0v) is 17.3. The van der Waals surface area contributed by atoms with Crippen molar-refractivity contribution in [3.8, 4) is 5.75 Å². The van der Waals surface area contributed by atoms with Crippen LogP contribution in [0.25, 0.3) is 0 Å². The number of nitrogens with zero attached hydrogens (tertiary/aromatic N) is 1. The number of ether oxygens (including phenoxy) is 2. The van der Waals surface area contributed by atoms with Crippen LogP contribution in [0.3, 0.4) is 0 Å². The summed E-state index contributed by atoms with van der Waals surface area (Å²) >= 11 is 0. The Morgan fingerprint density at radius 1 is 0.903 bits per heavy atom. The Hall–Kier alpha value is -3.60. The number of aryl methyl sites for hydroxylation is 1. The van der Waals surface area contributed by atoms with Gasteiger partial charge in [0.05, 0.1) is 12.1 Å². The molecule has 3 aromatic rings. The Bertz CT molecular complexity index is 1020. The van der Waals surface area contributed by atoms with Gasteiger partial charge in [0, 0.05) is 13.0 Å². The summed E-state index contributed by atoms with van der Waals surface area (Å²) in [5.41, 5.74) is 2.74. The summed E-state index contributed by atoms with van der Waals surface area (Å²) in [5.74, 6) is 0.562. The molecule has 158 valence electrons. The van der Waals surface area contributed by atoms with Crippen LogP contribution in [0, 0.1) is 0 Å². The van der Waals surface area contributed by atoms with Crippen molar-refractivity contribution in [3.63, 3.8) is 0 Å². The van der Waals surface area contributed by atoms with E-state index in [-0.39, 0.29) is 24.6 Å². The molecule has 1 amide bonds. The van der Waals surface area contributed by atoms with E-state index in [2.05, 4.69) is 0 Å². The zero-order valence-electron chi connectivity index (χ0n) is 17.3. The molecule has 1 atom stereocenters. The minimum absolute atomic E-state index is 0.0357. The van der Waals surface area contributed by atoms with Gasteiger partial charge in [0.1, 0.15) is 12.4 Å². The van der Waals surface area contributed by atoms with Crippen LogP contribution in [0.2, 0.25) is 0 Å². The number of carbonyl (C=O) groups excluding carboxylic acids is 2. The Kier molecular flexibility index (Phi) is 6.62. The quantitative estimate of drug-likeness (QED) is 0.467. The highest BCUT2D eigenvalue weighted by Crippen LogP contribution is 2.22. The van der Waals surface area contributed by atoms with Crippen LogP contribution in [0.15, 0.2) is 84.9 Å². The van der Waals surface area contributed by atoms with Crippen molar-refractivity contribution < 1.29 is 19.1 Å². The van der Waals surface area contributed by atoms with E-state index < -0.39 is 0 Å². The van der Waals surface area contributed by atoms with Crippen LogP contribution >= 0.6 is 0 Å². The second-order valence-electron chi connectivity index (χ2n) is 7.59. The molecule has 1 aliphatic rings. The molecule has 1 heterocycles. The van der Waals surface area contributed by atoms with E-state index in [1.54, 1.807) is 17.0 Å². The van der Waals surface area contributed by atoms with Crippen LogP contribution in [0.1, 0.15) is 27.9 Å². The van der Waals surface area contributed by atoms with Gasteiger partial charge in [-0.3, -0.25) is 4.79 Å². The number of cyclic esters (lactones) is 1. The van der Waals surface area contributed by atoms with E-state index in [1.807, 2.05) is 72.8 Å². The van der Waals surface area contributed by atoms with Gasteiger partial charge < -0.3 is 14.4 Å². The van der Waals surface area contributed by atoms with Gasteiger partial charge in [0.25, 0.3) is 0 Å². The average Bonchev–Trinajstić information content (AvgIpc) is 3.16. The smallest absolute Gasteiger partial charge is 0.410 e. The lowest BCUT2D eigenvalue weighted by Gasteiger charge is -2.14. The molecule has 0 radical (unpaired) electrons. The number of para-hydroxylation sites is 1. The van der Waals surface area contributed by atoms with Crippen molar-refractivity contribution in [2.45, 2.75) is 25.5 Å². The fourth-order valence-electron chi connectivity index (χ4n) is 3.64. The molecule has 0 saturated carbocycles. The minimum atomic E-state index is -0.372. The van der Waals surface area contributed by atoms with Crippen LogP contribution in [-0.4, -0.2) is 36.0 Å². The number of ketones is 1. The molecule has 0 aromatic heterocycles. The van der Waals surface area contributed by atoms with Crippen LogP contribution in [0.4, 0.5) is 4.79 Å². The number of hydrogen-bond acceptors (Lipinski definition) is 4. The molecule has 1 unspecified atom stereocenters. The fourth-order valence-corrected chi connectivity index (χ4v) is 3.64. The first kappa shape index (κ1) is 20.7. The van der Waals surface area contributed by atoms with Crippen molar-refractivity contribution in [1.82, 2.24) is 4.90 Å². The lowest BCUT2D eigenvalue weighted by molar-refractivity contribution is 0.0947. The lowest BCUT2D eigenvalue weighted by atomic mass is 10.0. The normalized spacial score (nSPS) is 15.5. The van der Waals surface area contributed by atoms with Gasteiger partial charge in [0.15, 0.2) is 11.9 Å². The van der Waals surface area contributed by atoms with Crippen molar-refractivity contribution in [2.24, 2.45) is 0 Å². The molecular formula is C26H25NO4. The minimum Gasteiger partial charge on any atom is -0.489 e. The molecule has 1 saturated heterocycles. The topological polar surface area (TPSA) is 55.8 Å². The maximum Gasteiger partial charge on any atom is 0.410 e. The second-order valence-corrected chi connectivity index (χ2v) is 7.59. The van der Waals surface area contributed by atoms with Crippen molar-refractivity contribution in [2.75, 3.05) is 13.2 Å². The predicted molar refractivity (Wildman–Crippen MR) is 118 cm³/mol. The largest absolute Gasteiger partial charge is 0.489 e. The van der Waals surface area contributed by atoms with E-state index in [0.29, 0.717) is 37.2 Å². The Balaban J connectivity index is 1.33. The summed E-state index contributed by atoms with van der Waals surface area (Å²) in [6.45, 7) is 1.17. The number of amides is 1. The maximum atomic E-state index is 12.8. The third-order valence-corrected chi connectivity index (χ3v) is 5.26. The van der Waals surface area contributed by atoms with Gasteiger partial charge in [-0.05, 0) is 29.7 Å². The Labute approximate surface area is 182 Å². The highest BCUT2D eigenvalue weighted by molar-refractivity contribution is 5.98. The lowest BCUT2D eigenvalue weighted by Crippen LogP contribution is -2.26. The molecule has 3 aromatic carbocycles. The first-order valence-corrected chi connectivity index (χ1v) is 10.5. The highest BCUT2D eigenvalue weighted by atomic mass is 16.6. The summed E-state index contributed by atoms with van der Waals surface area (Å²) in [5, 5.41) is 0. The van der Waals surface area contributed by atoms with Crippen LogP contribution in [-0.2, 0) is 17.7 Å². The summed E-state index contributed by atoms with van der Waals surface area (Å²) in [7, 11) is 0. The highest BCUT2D eigenvalue weighted by Gasteiger charge is 2.31. The number of benzene rings is 3. The van der Waals surface area contributed by atoms with Crippen molar-refractivity contribution in [3.05, 3.63) is 102 Å². The van der Waals surface area contributed by atoms with E-state index in [9.17, 15) is 9.59 Å². The molecule has 31 heavy (non-hydrogen) atoms. The van der Waals surface area contributed by atoms with E-state index in [4.69, 9.17) is 9.47 Å². The number of rotatable bonds is 9. The SMILES string of the molecule is O=C(CCc1ccccc1)c1ccccc1OCC1CN(Cc2ccccc2)C(=O)O1. The molecule has 0 spiro atoms. The number of carbonyl (C=O) groups is 2. The molecule has 0 bridgehead atoms. The van der Waals surface area contributed by atoms with Crippen LogP contribution < -0.4 is 4.74 Å². The third-order valence-electron chi connectivity index (χ3n) is 5.26. The Morgan fingerprint density at radius 2 is 1.55 bits per heavy atom. The second kappa shape index (κ2) is 9.94. The van der Waals surface area contributed by atoms with Gasteiger partial charge in [0.2, 0.25) is 0 Å². The van der Waals surface area contributed by atoms with Crippen LogP contribution in [0.5, 0.6) is 5.75 Å². The summed E-state index contributed by atoms with van der Waals surface area (Å²) < 4.78 is 11.4. The predicted octanol–water partition coefficient (Wildman–Crippen LogP) is 4.90. The standard InChI is InChI=1S/C26H25NO4/c28-24(16-15-20-9-3-1-4-10-20)23-13-7-8-14-25(23)30-19-22-18-27(26(29)31-22)17-21-11-5-2-6-12-21/h1-14,22H,15-19H2.